The molecule has 0 aliphatic rings. The summed E-state index contributed by atoms with van der Waals surface area (Å²) in [5.41, 5.74) is 0.882. The smallest absolute Gasteiger partial charge is 0.382 e. The number of aliphatic hydroxyl groups is 1. The van der Waals surface area contributed by atoms with E-state index in [0.717, 1.165) is 4.68 Å². The summed E-state index contributed by atoms with van der Waals surface area (Å²) in [5, 5.41) is 16.1. The molecule has 0 saturated heterocycles. The lowest BCUT2D eigenvalue weighted by atomic mass is 10.2. The molecular weight excluding hydrogens is 263 g/mol. The summed E-state index contributed by atoms with van der Waals surface area (Å²) >= 11 is 0. The Morgan fingerprint density at radius 1 is 1.32 bits per heavy atom. The molecule has 0 spiro atoms. The van der Waals surface area contributed by atoms with Gasteiger partial charge in [0.05, 0.1) is 12.7 Å². The lowest BCUT2D eigenvalue weighted by molar-refractivity contribution is -0.208. The second-order valence-corrected chi connectivity index (χ2v) is 3.90. The minimum absolute atomic E-state index is 0.342. The highest BCUT2D eigenvalue weighted by Crippen LogP contribution is 2.21. The molecule has 0 fully saturated rings. The molecule has 1 unspecified atom stereocenters. The average molecular weight is 273 g/mol. The lowest BCUT2D eigenvalue weighted by Gasteiger charge is -2.13. The molecule has 0 radical (unpaired) electrons. The van der Waals surface area contributed by atoms with Crippen molar-refractivity contribution in [3.05, 3.63) is 24.4 Å². The van der Waals surface area contributed by atoms with Gasteiger partial charge in [0.25, 0.3) is 0 Å². The third-order valence-corrected chi connectivity index (χ3v) is 2.35. The molecule has 2 heterocycles. The van der Waals surface area contributed by atoms with Gasteiger partial charge >= 0.3 is 6.18 Å². The van der Waals surface area contributed by atoms with E-state index in [4.69, 9.17) is 5.11 Å². The Bertz CT molecular complexity index is 551. The zero-order valence-corrected chi connectivity index (χ0v) is 9.83. The van der Waals surface area contributed by atoms with Crippen LogP contribution in [0.3, 0.4) is 0 Å². The van der Waals surface area contributed by atoms with Gasteiger partial charge in [0.15, 0.2) is 6.10 Å². The average Bonchev–Trinajstić information content (AvgIpc) is 2.77. The van der Waals surface area contributed by atoms with Crippen LogP contribution in [0.25, 0.3) is 11.3 Å². The minimum atomic E-state index is -4.68. The monoisotopic (exact) mass is 273 g/mol. The molecule has 0 saturated carbocycles. The molecule has 102 valence electrons. The normalized spacial score (nSPS) is 13.5. The van der Waals surface area contributed by atoms with Crippen molar-refractivity contribution in [3.63, 3.8) is 0 Å². The van der Waals surface area contributed by atoms with Gasteiger partial charge in [0, 0.05) is 18.0 Å². The van der Waals surface area contributed by atoms with Crippen LogP contribution >= 0.6 is 0 Å². The Labute approximate surface area is 105 Å². The van der Waals surface area contributed by atoms with Crippen molar-refractivity contribution in [2.24, 2.45) is 0 Å². The molecule has 6 nitrogen and oxygen atoms in total. The second kappa shape index (κ2) is 4.92. The SMILES string of the molecule is Cc1ncc(-c2cn(CC(O)C(F)(F)F)nn2)cn1. The summed E-state index contributed by atoms with van der Waals surface area (Å²) in [6.45, 7) is 1.00. The zero-order chi connectivity index (χ0) is 14.0. The summed E-state index contributed by atoms with van der Waals surface area (Å²) in [6, 6.07) is 0. The van der Waals surface area contributed by atoms with E-state index in [2.05, 4.69) is 20.3 Å². The molecular formula is C10H10F3N5O. The van der Waals surface area contributed by atoms with Gasteiger partial charge in [0.1, 0.15) is 11.5 Å². The topological polar surface area (TPSA) is 76.7 Å². The van der Waals surface area contributed by atoms with Crippen molar-refractivity contribution in [1.29, 1.82) is 0 Å². The molecule has 0 aliphatic heterocycles. The molecule has 0 amide bonds. The van der Waals surface area contributed by atoms with Crippen LogP contribution in [-0.4, -0.2) is 42.3 Å². The van der Waals surface area contributed by atoms with E-state index < -0.39 is 18.8 Å². The highest BCUT2D eigenvalue weighted by Gasteiger charge is 2.38. The molecule has 2 aromatic rings. The fourth-order valence-corrected chi connectivity index (χ4v) is 1.33. The molecule has 19 heavy (non-hydrogen) atoms. The number of halogens is 3. The van der Waals surface area contributed by atoms with Crippen LogP contribution in [0.1, 0.15) is 5.82 Å². The maximum atomic E-state index is 12.2. The van der Waals surface area contributed by atoms with Gasteiger partial charge in [-0.05, 0) is 6.92 Å². The Morgan fingerprint density at radius 3 is 2.53 bits per heavy atom. The van der Waals surface area contributed by atoms with Crippen LogP contribution in [0.2, 0.25) is 0 Å². The highest BCUT2D eigenvalue weighted by atomic mass is 19.4. The quantitative estimate of drug-likeness (QED) is 0.901. The molecule has 1 atom stereocenters. The van der Waals surface area contributed by atoms with E-state index in [1.807, 2.05) is 0 Å². The number of aliphatic hydroxyl groups excluding tert-OH is 1. The number of hydrogen-bond donors (Lipinski definition) is 1. The van der Waals surface area contributed by atoms with Crippen LogP contribution in [0.4, 0.5) is 13.2 Å². The number of hydrogen-bond acceptors (Lipinski definition) is 5. The van der Waals surface area contributed by atoms with Gasteiger partial charge in [-0.1, -0.05) is 5.21 Å². The van der Waals surface area contributed by atoms with E-state index in [1.54, 1.807) is 6.92 Å². The zero-order valence-electron chi connectivity index (χ0n) is 9.83. The van der Waals surface area contributed by atoms with E-state index in [9.17, 15) is 13.2 Å². The fraction of sp³-hybridized carbons (Fsp3) is 0.400. The van der Waals surface area contributed by atoms with Crippen LogP contribution < -0.4 is 0 Å². The van der Waals surface area contributed by atoms with Gasteiger partial charge in [0.2, 0.25) is 0 Å². The largest absolute Gasteiger partial charge is 0.416 e. The van der Waals surface area contributed by atoms with Crippen molar-refractivity contribution in [2.75, 3.05) is 0 Å². The van der Waals surface area contributed by atoms with E-state index in [1.165, 1.54) is 18.6 Å². The Balaban J connectivity index is 2.13. The number of alkyl halides is 3. The predicted molar refractivity (Wildman–Crippen MR) is 57.8 cm³/mol. The first-order chi connectivity index (χ1) is 8.86. The minimum Gasteiger partial charge on any atom is -0.382 e. The number of aryl methyl sites for hydroxylation is 1. The van der Waals surface area contributed by atoms with E-state index in [-0.39, 0.29) is 0 Å². The van der Waals surface area contributed by atoms with E-state index in [0.29, 0.717) is 17.1 Å². The first-order valence-corrected chi connectivity index (χ1v) is 5.30. The summed E-state index contributed by atoms with van der Waals surface area (Å²) in [5.74, 6) is 0.573. The molecule has 9 heteroatoms. The second-order valence-electron chi connectivity index (χ2n) is 3.90. The maximum Gasteiger partial charge on any atom is 0.416 e. The molecule has 0 aliphatic carbocycles. The standard InChI is InChI=1S/C10H10F3N5O/c1-6-14-2-7(3-15-6)8-4-18(17-16-8)5-9(19)10(11,12)13/h2-4,9,19H,5H2,1H3. The molecule has 0 bridgehead atoms. The summed E-state index contributed by atoms with van der Waals surface area (Å²) in [6.07, 6.45) is -2.87. The van der Waals surface area contributed by atoms with Gasteiger partial charge < -0.3 is 5.11 Å². The maximum absolute atomic E-state index is 12.2. The molecule has 2 rings (SSSR count). The summed E-state index contributed by atoms with van der Waals surface area (Å²) in [4.78, 5) is 7.89. The van der Waals surface area contributed by atoms with Crippen LogP contribution in [0, 0.1) is 6.92 Å². The fourth-order valence-electron chi connectivity index (χ4n) is 1.33. The Kier molecular flexibility index (Phi) is 3.47. The molecule has 0 aromatic carbocycles. The van der Waals surface area contributed by atoms with Crippen molar-refractivity contribution in [2.45, 2.75) is 25.7 Å². The van der Waals surface area contributed by atoms with Crippen molar-refractivity contribution in [1.82, 2.24) is 25.0 Å². The van der Waals surface area contributed by atoms with Crippen molar-refractivity contribution >= 4 is 0 Å². The van der Waals surface area contributed by atoms with Crippen molar-refractivity contribution in [3.8, 4) is 11.3 Å². The van der Waals surface area contributed by atoms with Gasteiger partial charge in [-0.3, -0.25) is 0 Å². The Hall–Kier alpha value is -2.03. The van der Waals surface area contributed by atoms with Gasteiger partial charge in [-0.25, -0.2) is 14.6 Å². The van der Waals surface area contributed by atoms with Gasteiger partial charge in [-0.2, -0.15) is 13.2 Å². The summed E-state index contributed by atoms with van der Waals surface area (Å²) in [7, 11) is 0. The first kappa shape index (κ1) is 13.4. The highest BCUT2D eigenvalue weighted by molar-refractivity contribution is 5.54. The predicted octanol–water partition coefficient (Wildman–Crippen LogP) is 0.967. The van der Waals surface area contributed by atoms with Crippen LogP contribution in [0.5, 0.6) is 0 Å². The first-order valence-electron chi connectivity index (χ1n) is 5.30. The number of aromatic nitrogens is 5. The van der Waals surface area contributed by atoms with Crippen LogP contribution in [0.15, 0.2) is 18.6 Å². The third kappa shape index (κ3) is 3.25. The van der Waals surface area contributed by atoms with E-state index >= 15 is 0 Å². The lowest BCUT2D eigenvalue weighted by Crippen LogP contribution is -2.32. The number of nitrogens with zero attached hydrogens (tertiary/aromatic N) is 5. The van der Waals surface area contributed by atoms with Crippen LogP contribution in [-0.2, 0) is 6.54 Å². The van der Waals surface area contributed by atoms with Gasteiger partial charge in [-0.15, -0.1) is 5.10 Å². The molecule has 2 aromatic heterocycles. The summed E-state index contributed by atoms with van der Waals surface area (Å²) < 4.78 is 37.5. The van der Waals surface area contributed by atoms with Crippen molar-refractivity contribution < 1.29 is 18.3 Å². The molecule has 1 N–H and O–H groups in total. The Morgan fingerprint density at radius 2 is 1.95 bits per heavy atom. The third-order valence-electron chi connectivity index (χ3n) is 2.35. The number of rotatable bonds is 3.